The summed E-state index contributed by atoms with van der Waals surface area (Å²) in [5.41, 5.74) is 1.41. The quantitative estimate of drug-likeness (QED) is 0.680. The first-order valence-electron chi connectivity index (χ1n) is 8.08. The molecule has 0 unspecified atom stereocenters. The van der Waals surface area contributed by atoms with E-state index in [-0.39, 0.29) is 23.8 Å². The molecule has 2 aromatic carbocycles. The molecule has 0 radical (unpaired) electrons. The van der Waals surface area contributed by atoms with Crippen LogP contribution in [0.3, 0.4) is 0 Å². The van der Waals surface area contributed by atoms with Gasteiger partial charge in [0.25, 0.3) is 5.69 Å². The van der Waals surface area contributed by atoms with E-state index in [1.807, 2.05) is 17.0 Å². The number of benzene rings is 2. The van der Waals surface area contributed by atoms with Crippen LogP contribution in [0.5, 0.6) is 5.75 Å². The van der Waals surface area contributed by atoms with E-state index in [4.69, 9.17) is 0 Å². The zero-order valence-electron chi connectivity index (χ0n) is 13.7. The highest BCUT2D eigenvalue weighted by molar-refractivity contribution is 5.79. The maximum absolute atomic E-state index is 12.4. The number of hydrogen-bond acceptors (Lipinski definition) is 5. The molecule has 1 aliphatic rings. The molecular formula is C18H19N3O4. The molecule has 130 valence electrons. The van der Waals surface area contributed by atoms with Crippen molar-refractivity contribution in [3.05, 3.63) is 64.2 Å². The van der Waals surface area contributed by atoms with Crippen molar-refractivity contribution in [1.29, 1.82) is 0 Å². The molecule has 1 fully saturated rings. The summed E-state index contributed by atoms with van der Waals surface area (Å²) in [7, 11) is 0. The number of rotatable bonds is 4. The molecule has 0 saturated carbocycles. The molecule has 1 aliphatic heterocycles. The molecule has 1 heterocycles. The van der Waals surface area contributed by atoms with Crippen LogP contribution in [0, 0.1) is 10.1 Å². The number of carbonyl (C=O) groups is 1. The van der Waals surface area contributed by atoms with Crippen LogP contribution in [0.4, 0.5) is 11.4 Å². The first-order valence-corrected chi connectivity index (χ1v) is 8.08. The lowest BCUT2D eigenvalue weighted by Gasteiger charge is -2.36. The van der Waals surface area contributed by atoms with Gasteiger partial charge in [-0.05, 0) is 17.7 Å². The standard InChI is InChI=1S/C18H19N3O4/c22-17-7-2-1-6-16(17)19-8-10-20(11-9-19)18(23)13-14-4-3-5-15(12-14)21(24)25/h1-7,12,22H,8-11,13H2. The van der Waals surface area contributed by atoms with Crippen molar-refractivity contribution in [3.8, 4) is 5.75 Å². The average Bonchev–Trinajstić information content (AvgIpc) is 2.62. The molecule has 0 aromatic heterocycles. The Morgan fingerprint density at radius 3 is 2.48 bits per heavy atom. The van der Waals surface area contributed by atoms with Gasteiger partial charge < -0.3 is 14.9 Å². The van der Waals surface area contributed by atoms with Crippen LogP contribution in [0.25, 0.3) is 0 Å². The molecule has 7 nitrogen and oxygen atoms in total. The number of non-ortho nitro benzene ring substituents is 1. The van der Waals surface area contributed by atoms with Crippen LogP contribution >= 0.6 is 0 Å². The van der Waals surface area contributed by atoms with Crippen LogP contribution in [0.2, 0.25) is 0 Å². The van der Waals surface area contributed by atoms with Gasteiger partial charge in [0.1, 0.15) is 5.75 Å². The molecule has 7 heteroatoms. The maximum Gasteiger partial charge on any atom is 0.269 e. The molecular weight excluding hydrogens is 322 g/mol. The smallest absolute Gasteiger partial charge is 0.269 e. The second-order valence-corrected chi connectivity index (χ2v) is 5.96. The van der Waals surface area contributed by atoms with Crippen LogP contribution in [-0.2, 0) is 11.2 Å². The van der Waals surface area contributed by atoms with Gasteiger partial charge in [-0.1, -0.05) is 24.3 Å². The Bertz CT molecular complexity index is 785. The Morgan fingerprint density at radius 2 is 1.80 bits per heavy atom. The van der Waals surface area contributed by atoms with Gasteiger partial charge in [-0.25, -0.2) is 0 Å². The predicted molar refractivity (Wildman–Crippen MR) is 93.7 cm³/mol. The minimum Gasteiger partial charge on any atom is -0.506 e. The van der Waals surface area contributed by atoms with E-state index < -0.39 is 4.92 Å². The molecule has 1 N–H and O–H groups in total. The van der Waals surface area contributed by atoms with E-state index in [1.54, 1.807) is 29.2 Å². The van der Waals surface area contributed by atoms with Gasteiger partial charge >= 0.3 is 0 Å². The number of anilines is 1. The van der Waals surface area contributed by atoms with E-state index in [0.717, 1.165) is 5.69 Å². The lowest BCUT2D eigenvalue weighted by molar-refractivity contribution is -0.384. The number of nitro groups is 1. The van der Waals surface area contributed by atoms with Gasteiger partial charge in [-0.15, -0.1) is 0 Å². The minimum atomic E-state index is -0.459. The summed E-state index contributed by atoms with van der Waals surface area (Å²) in [6.45, 7) is 2.39. The highest BCUT2D eigenvalue weighted by Gasteiger charge is 2.23. The van der Waals surface area contributed by atoms with E-state index in [2.05, 4.69) is 0 Å². The molecule has 25 heavy (non-hydrogen) atoms. The van der Waals surface area contributed by atoms with Crippen LogP contribution in [-0.4, -0.2) is 47.0 Å². The van der Waals surface area contributed by atoms with Crippen LogP contribution < -0.4 is 4.90 Å². The lowest BCUT2D eigenvalue weighted by Crippen LogP contribution is -2.49. The number of nitrogens with zero attached hydrogens (tertiary/aromatic N) is 3. The Kier molecular flexibility index (Phi) is 4.83. The second-order valence-electron chi connectivity index (χ2n) is 5.96. The Labute approximate surface area is 145 Å². The van der Waals surface area contributed by atoms with Crippen molar-refractivity contribution >= 4 is 17.3 Å². The number of carbonyl (C=O) groups excluding carboxylic acids is 1. The third kappa shape index (κ3) is 3.88. The van der Waals surface area contributed by atoms with Gasteiger partial charge in [0.15, 0.2) is 0 Å². The third-order valence-corrected chi connectivity index (χ3v) is 4.33. The van der Waals surface area contributed by atoms with Crippen molar-refractivity contribution in [2.75, 3.05) is 31.1 Å². The Hall–Kier alpha value is -3.09. The number of phenolic OH excluding ortho intramolecular Hbond substituents is 1. The Morgan fingerprint density at radius 1 is 1.08 bits per heavy atom. The van der Waals surface area contributed by atoms with E-state index in [0.29, 0.717) is 31.7 Å². The molecule has 1 saturated heterocycles. The number of amides is 1. The van der Waals surface area contributed by atoms with Crippen molar-refractivity contribution < 1.29 is 14.8 Å². The molecule has 3 rings (SSSR count). The maximum atomic E-state index is 12.4. The molecule has 0 atom stereocenters. The molecule has 0 bridgehead atoms. The summed E-state index contributed by atoms with van der Waals surface area (Å²) in [6.07, 6.45) is 0.151. The fourth-order valence-corrected chi connectivity index (χ4v) is 2.99. The lowest BCUT2D eigenvalue weighted by atomic mass is 10.1. The summed E-state index contributed by atoms with van der Waals surface area (Å²) in [6, 6.07) is 13.3. The second kappa shape index (κ2) is 7.21. The fourth-order valence-electron chi connectivity index (χ4n) is 2.99. The van der Waals surface area contributed by atoms with Crippen LogP contribution in [0.15, 0.2) is 48.5 Å². The van der Waals surface area contributed by atoms with E-state index in [9.17, 15) is 20.0 Å². The number of nitro benzene ring substituents is 1. The zero-order chi connectivity index (χ0) is 17.8. The summed E-state index contributed by atoms with van der Waals surface area (Å²) >= 11 is 0. The van der Waals surface area contributed by atoms with Crippen LogP contribution in [0.1, 0.15) is 5.56 Å². The molecule has 1 amide bonds. The fraction of sp³-hybridized carbons (Fsp3) is 0.278. The van der Waals surface area contributed by atoms with Crippen molar-refractivity contribution in [2.45, 2.75) is 6.42 Å². The molecule has 2 aromatic rings. The third-order valence-electron chi connectivity index (χ3n) is 4.33. The first kappa shape index (κ1) is 16.8. The van der Waals surface area contributed by atoms with E-state index >= 15 is 0 Å². The number of hydrogen-bond donors (Lipinski definition) is 1. The van der Waals surface area contributed by atoms with Gasteiger partial charge in [0.05, 0.1) is 17.0 Å². The monoisotopic (exact) mass is 341 g/mol. The number of phenols is 1. The van der Waals surface area contributed by atoms with Gasteiger partial charge in [0, 0.05) is 38.3 Å². The van der Waals surface area contributed by atoms with Crippen molar-refractivity contribution in [2.24, 2.45) is 0 Å². The van der Waals surface area contributed by atoms with Gasteiger partial charge in [-0.2, -0.15) is 0 Å². The molecule has 0 aliphatic carbocycles. The predicted octanol–water partition coefficient (Wildman–Crippen LogP) is 2.19. The summed E-state index contributed by atoms with van der Waals surface area (Å²) in [5, 5.41) is 20.7. The number of piperazine rings is 1. The normalized spacial score (nSPS) is 14.4. The summed E-state index contributed by atoms with van der Waals surface area (Å²) < 4.78 is 0. The van der Waals surface area contributed by atoms with Crippen molar-refractivity contribution in [3.63, 3.8) is 0 Å². The summed E-state index contributed by atoms with van der Waals surface area (Å²) in [5.74, 6) is 0.191. The largest absolute Gasteiger partial charge is 0.506 e. The number of para-hydroxylation sites is 2. The molecule has 0 spiro atoms. The first-order chi connectivity index (χ1) is 12.0. The highest BCUT2D eigenvalue weighted by Crippen LogP contribution is 2.27. The topological polar surface area (TPSA) is 86.9 Å². The van der Waals surface area contributed by atoms with Gasteiger partial charge in [-0.3, -0.25) is 14.9 Å². The zero-order valence-corrected chi connectivity index (χ0v) is 13.7. The van der Waals surface area contributed by atoms with Gasteiger partial charge in [0.2, 0.25) is 5.91 Å². The van der Waals surface area contributed by atoms with Crippen molar-refractivity contribution in [1.82, 2.24) is 4.90 Å². The van der Waals surface area contributed by atoms with E-state index in [1.165, 1.54) is 12.1 Å². The minimum absolute atomic E-state index is 0.00493. The number of aromatic hydroxyl groups is 1. The average molecular weight is 341 g/mol. The summed E-state index contributed by atoms with van der Waals surface area (Å²) in [4.78, 5) is 26.6. The highest BCUT2D eigenvalue weighted by atomic mass is 16.6. The SMILES string of the molecule is O=C(Cc1cccc([N+](=O)[O-])c1)N1CCN(c2ccccc2O)CC1. The Balaban J connectivity index is 1.59.